The highest BCUT2D eigenvalue weighted by Gasteiger charge is 2.42. The van der Waals surface area contributed by atoms with E-state index in [9.17, 15) is 13.2 Å². The normalized spacial score (nSPS) is 22.4. The average Bonchev–Trinajstić information content (AvgIpc) is 3.15. The summed E-state index contributed by atoms with van der Waals surface area (Å²) in [6, 6.07) is 17.3. The third-order valence-electron chi connectivity index (χ3n) is 4.72. The van der Waals surface area contributed by atoms with E-state index in [-0.39, 0.29) is 28.7 Å². The molecular weight excluding hydrogens is 394 g/mol. The number of aliphatic imine (C=N–C) groups is 1. The van der Waals surface area contributed by atoms with Gasteiger partial charge in [0.25, 0.3) is 0 Å². The first-order valence-electron chi connectivity index (χ1n) is 9.08. The molecule has 4 rings (SSSR count). The molecule has 6 nitrogen and oxygen atoms in total. The second kappa shape index (κ2) is 7.97. The van der Waals surface area contributed by atoms with Crippen LogP contribution in [0.2, 0.25) is 0 Å². The Morgan fingerprint density at radius 2 is 1.79 bits per heavy atom. The Morgan fingerprint density at radius 3 is 2.50 bits per heavy atom. The van der Waals surface area contributed by atoms with Gasteiger partial charge in [-0.1, -0.05) is 54.2 Å². The summed E-state index contributed by atoms with van der Waals surface area (Å²) in [5.74, 6) is 0.329. The second-order valence-electron chi connectivity index (χ2n) is 7.00. The van der Waals surface area contributed by atoms with Crippen LogP contribution in [-0.2, 0) is 27.6 Å². The van der Waals surface area contributed by atoms with Gasteiger partial charge in [0.2, 0.25) is 5.91 Å². The molecule has 1 saturated heterocycles. The van der Waals surface area contributed by atoms with E-state index in [0.717, 1.165) is 22.0 Å². The van der Waals surface area contributed by atoms with Crippen molar-refractivity contribution >= 4 is 38.4 Å². The minimum atomic E-state index is -2.94. The zero-order valence-electron chi connectivity index (χ0n) is 15.2. The quantitative estimate of drug-likeness (QED) is 0.782. The molecule has 0 aliphatic carbocycles. The van der Waals surface area contributed by atoms with E-state index < -0.39 is 9.84 Å². The summed E-state index contributed by atoms with van der Waals surface area (Å²) in [7, 11) is -2.94. The van der Waals surface area contributed by atoms with E-state index in [1.807, 2.05) is 54.6 Å². The zero-order chi connectivity index (χ0) is 19.6. The van der Waals surface area contributed by atoms with Crippen LogP contribution in [0.4, 0.5) is 5.69 Å². The summed E-state index contributed by atoms with van der Waals surface area (Å²) in [6.45, 7) is 0.522. The Morgan fingerprint density at radius 1 is 1.04 bits per heavy atom. The summed E-state index contributed by atoms with van der Waals surface area (Å²) in [5.41, 5.74) is 2.88. The number of amidine groups is 1. The number of hydrogen-bond acceptors (Lipinski definition) is 6. The number of carbonyl (C=O) groups is 1. The van der Waals surface area contributed by atoms with Gasteiger partial charge in [-0.25, -0.2) is 8.42 Å². The molecule has 2 N–H and O–H groups in total. The molecule has 8 heteroatoms. The molecule has 2 aromatic rings. The van der Waals surface area contributed by atoms with Crippen molar-refractivity contribution in [3.63, 3.8) is 0 Å². The highest BCUT2D eigenvalue weighted by atomic mass is 32.2. The maximum atomic E-state index is 12.1. The van der Waals surface area contributed by atoms with Crippen LogP contribution < -0.4 is 10.6 Å². The Hall–Kier alpha value is -2.32. The number of fused-ring (bicyclic) bond motifs is 1. The van der Waals surface area contributed by atoms with Crippen molar-refractivity contribution < 1.29 is 13.2 Å². The van der Waals surface area contributed by atoms with E-state index in [1.165, 1.54) is 11.8 Å². The molecule has 2 heterocycles. The standard InChI is InChI=1S/C20H21N3O3S2/c24-19(21-11-15-4-2-1-3-5-15)10-14-6-8-16(9-7-14)22-20-23-17-12-28(25,26)13-18(17)27-20/h1-9,17-18H,10-13H2,(H,21,24)(H,22,23)/t17-,18-/m0/s1. The summed E-state index contributed by atoms with van der Waals surface area (Å²) in [6.07, 6.45) is 0.324. The van der Waals surface area contributed by atoms with Crippen LogP contribution in [0.25, 0.3) is 0 Å². The second-order valence-corrected chi connectivity index (χ2v) is 10.4. The number of thioether (sulfide) groups is 1. The van der Waals surface area contributed by atoms with Gasteiger partial charge in [-0.3, -0.25) is 9.79 Å². The molecule has 2 aliphatic heterocycles. The fourth-order valence-electron chi connectivity index (χ4n) is 3.29. The molecular formula is C20H21N3O3S2. The van der Waals surface area contributed by atoms with E-state index in [2.05, 4.69) is 15.6 Å². The van der Waals surface area contributed by atoms with E-state index >= 15 is 0 Å². The Bertz CT molecular complexity index is 989. The number of anilines is 1. The summed E-state index contributed by atoms with van der Waals surface area (Å²) >= 11 is 1.49. The van der Waals surface area contributed by atoms with Crippen molar-refractivity contribution in [3.05, 3.63) is 65.7 Å². The molecule has 0 unspecified atom stereocenters. The summed E-state index contributed by atoms with van der Waals surface area (Å²) < 4.78 is 23.3. The maximum absolute atomic E-state index is 12.1. The molecule has 0 spiro atoms. The third kappa shape index (κ3) is 4.74. The molecule has 28 heavy (non-hydrogen) atoms. The van der Waals surface area contributed by atoms with Gasteiger partial charge in [0.1, 0.15) is 0 Å². The average molecular weight is 416 g/mol. The minimum Gasteiger partial charge on any atom is -0.352 e. The number of carbonyl (C=O) groups excluding carboxylic acids is 1. The smallest absolute Gasteiger partial charge is 0.224 e. The predicted octanol–water partition coefficient (Wildman–Crippen LogP) is 2.23. The fraction of sp³-hybridized carbons (Fsp3) is 0.300. The van der Waals surface area contributed by atoms with Crippen molar-refractivity contribution in [2.75, 3.05) is 16.8 Å². The van der Waals surface area contributed by atoms with E-state index in [0.29, 0.717) is 13.0 Å². The molecule has 1 amide bonds. The van der Waals surface area contributed by atoms with Crippen LogP contribution in [0.15, 0.2) is 59.6 Å². The van der Waals surface area contributed by atoms with E-state index in [4.69, 9.17) is 0 Å². The summed E-state index contributed by atoms with van der Waals surface area (Å²) in [4.78, 5) is 16.6. The number of hydrogen-bond donors (Lipinski definition) is 2. The number of benzene rings is 2. The minimum absolute atomic E-state index is 0.0191. The van der Waals surface area contributed by atoms with Gasteiger partial charge in [0, 0.05) is 17.5 Å². The molecule has 0 radical (unpaired) electrons. The van der Waals surface area contributed by atoms with Crippen molar-refractivity contribution in [3.8, 4) is 0 Å². The largest absolute Gasteiger partial charge is 0.352 e. The molecule has 2 aliphatic rings. The fourth-order valence-corrected chi connectivity index (χ4v) is 6.97. The maximum Gasteiger partial charge on any atom is 0.224 e. The lowest BCUT2D eigenvalue weighted by molar-refractivity contribution is -0.120. The van der Waals surface area contributed by atoms with Crippen molar-refractivity contribution in [2.45, 2.75) is 24.3 Å². The molecule has 146 valence electrons. The van der Waals surface area contributed by atoms with Crippen LogP contribution in [-0.4, -0.2) is 42.3 Å². The van der Waals surface area contributed by atoms with Gasteiger partial charge >= 0.3 is 0 Å². The molecule has 0 saturated carbocycles. The first kappa shape index (κ1) is 19.0. The van der Waals surface area contributed by atoms with Gasteiger partial charge in [-0.2, -0.15) is 0 Å². The summed E-state index contributed by atoms with van der Waals surface area (Å²) in [5, 5.41) is 6.96. The molecule has 2 aromatic carbocycles. The van der Waals surface area contributed by atoms with Crippen LogP contribution >= 0.6 is 11.8 Å². The lowest BCUT2D eigenvalue weighted by Crippen LogP contribution is -2.24. The number of rotatable bonds is 5. The first-order valence-corrected chi connectivity index (χ1v) is 11.8. The van der Waals surface area contributed by atoms with Crippen molar-refractivity contribution in [2.24, 2.45) is 4.99 Å². The third-order valence-corrected chi connectivity index (χ3v) is 7.86. The first-order chi connectivity index (χ1) is 13.5. The highest BCUT2D eigenvalue weighted by Crippen LogP contribution is 2.34. The topological polar surface area (TPSA) is 87.6 Å². The monoisotopic (exact) mass is 415 g/mol. The van der Waals surface area contributed by atoms with Crippen molar-refractivity contribution in [1.29, 1.82) is 0 Å². The predicted molar refractivity (Wildman–Crippen MR) is 113 cm³/mol. The lowest BCUT2D eigenvalue weighted by atomic mass is 10.1. The Labute approximate surface area is 168 Å². The van der Waals surface area contributed by atoms with Gasteiger partial charge in [0.15, 0.2) is 15.0 Å². The van der Waals surface area contributed by atoms with Gasteiger partial charge in [0.05, 0.1) is 24.0 Å². The van der Waals surface area contributed by atoms with Crippen LogP contribution in [0.5, 0.6) is 0 Å². The molecule has 0 aromatic heterocycles. The number of amides is 1. The van der Waals surface area contributed by atoms with E-state index in [1.54, 1.807) is 0 Å². The van der Waals surface area contributed by atoms with Gasteiger partial charge in [-0.15, -0.1) is 0 Å². The lowest BCUT2D eigenvalue weighted by Gasteiger charge is -2.08. The highest BCUT2D eigenvalue weighted by molar-refractivity contribution is 8.15. The zero-order valence-corrected chi connectivity index (χ0v) is 16.8. The number of nitrogens with zero attached hydrogens (tertiary/aromatic N) is 1. The number of nitrogens with one attached hydrogen (secondary N) is 2. The van der Waals surface area contributed by atoms with Crippen molar-refractivity contribution in [1.82, 2.24) is 5.32 Å². The molecule has 0 bridgehead atoms. The van der Waals surface area contributed by atoms with Crippen LogP contribution in [0.3, 0.4) is 0 Å². The Kier molecular flexibility index (Phi) is 5.41. The number of sulfone groups is 1. The molecule has 2 atom stereocenters. The van der Waals surface area contributed by atoms with Gasteiger partial charge < -0.3 is 10.6 Å². The SMILES string of the molecule is O=C(Cc1ccc(NC2=N[C@H]3CS(=O)(=O)C[C@@H]3S2)cc1)NCc1ccccc1. The van der Waals surface area contributed by atoms with Crippen LogP contribution in [0.1, 0.15) is 11.1 Å². The van der Waals surface area contributed by atoms with Crippen LogP contribution in [0, 0.1) is 0 Å². The Balaban J connectivity index is 1.28. The molecule has 1 fully saturated rings. The van der Waals surface area contributed by atoms with Gasteiger partial charge in [-0.05, 0) is 23.3 Å².